The van der Waals surface area contributed by atoms with Crippen molar-refractivity contribution in [2.45, 2.75) is 137 Å². The zero-order valence-electron chi connectivity index (χ0n) is 21.1. The number of carboxylic acid groups (broad SMARTS) is 1. The van der Waals surface area contributed by atoms with E-state index in [1.165, 1.54) is 103 Å². The van der Waals surface area contributed by atoms with Crippen LogP contribution in [-0.2, 0) is 14.3 Å². The number of rotatable bonds is 18. The Morgan fingerprint density at radius 1 is 0.677 bits per heavy atom. The van der Waals surface area contributed by atoms with Gasteiger partial charge in [-0.3, -0.25) is 0 Å². The summed E-state index contributed by atoms with van der Waals surface area (Å²) in [6.07, 6.45) is 25.4. The van der Waals surface area contributed by atoms with Gasteiger partial charge in [-0.25, -0.2) is 9.59 Å². The Morgan fingerprint density at radius 3 is 1.06 bits per heavy atom. The minimum absolute atomic E-state index is 0.0412. The summed E-state index contributed by atoms with van der Waals surface area (Å²) in [6, 6.07) is 0. The number of hydrogen-bond acceptors (Lipinski definition) is 3. The topological polar surface area (TPSA) is 63.6 Å². The lowest BCUT2D eigenvalue weighted by Crippen LogP contribution is -2.07. The number of carbonyl (C=O) groups excluding carboxylic acids is 1. The molecule has 0 fully saturated rings. The lowest BCUT2D eigenvalue weighted by Gasteiger charge is -2.03. The average molecular weight is 441 g/mol. The molecule has 0 radical (unpaired) electrons. The van der Waals surface area contributed by atoms with Crippen molar-refractivity contribution >= 4 is 11.9 Å². The second kappa shape index (κ2) is 30.6. The Kier molecular flexibility index (Phi) is 33.6. The highest BCUT2D eigenvalue weighted by Gasteiger charge is 1.96. The standard InChI is InChI=1S/C18H38.C6H10O2.C3H4O2/c1-3-5-7-9-11-13-15-17-18-16-14-12-10-8-6-4-2;1-4-6(7)8-5(2)3;1-2-3(4)5/h3-18H2,1-2H3;4-5H,1H2,2-3H3;2H,1H2,(H,4,5). The van der Waals surface area contributed by atoms with Crippen LogP contribution in [0.3, 0.4) is 0 Å². The van der Waals surface area contributed by atoms with Crippen LogP contribution in [0.15, 0.2) is 25.3 Å². The van der Waals surface area contributed by atoms with Crippen LogP contribution in [0.1, 0.15) is 130 Å². The first-order chi connectivity index (χ1) is 14.8. The average Bonchev–Trinajstić information content (AvgIpc) is 2.74. The van der Waals surface area contributed by atoms with Gasteiger partial charge in [0, 0.05) is 12.2 Å². The van der Waals surface area contributed by atoms with Gasteiger partial charge in [-0.05, 0) is 13.8 Å². The van der Waals surface area contributed by atoms with Gasteiger partial charge in [-0.1, -0.05) is 130 Å². The van der Waals surface area contributed by atoms with E-state index in [-0.39, 0.29) is 12.1 Å². The van der Waals surface area contributed by atoms with Crippen LogP contribution in [0.25, 0.3) is 0 Å². The van der Waals surface area contributed by atoms with Gasteiger partial charge in [0.1, 0.15) is 0 Å². The fourth-order valence-corrected chi connectivity index (χ4v) is 2.90. The SMILES string of the molecule is C=CC(=O)O.C=CC(=O)OC(C)C.CCCCCCCCCCCCCCCCCC. The molecule has 0 spiro atoms. The molecule has 0 rings (SSSR count). The molecule has 4 heteroatoms. The summed E-state index contributed by atoms with van der Waals surface area (Å²) < 4.78 is 4.64. The van der Waals surface area contributed by atoms with Gasteiger partial charge in [0.2, 0.25) is 0 Å². The van der Waals surface area contributed by atoms with Crippen LogP contribution in [0.5, 0.6) is 0 Å². The first-order valence-electron chi connectivity index (χ1n) is 12.5. The van der Waals surface area contributed by atoms with Gasteiger partial charge in [0.05, 0.1) is 6.10 Å². The van der Waals surface area contributed by atoms with Gasteiger partial charge in [-0.2, -0.15) is 0 Å². The second-order valence-corrected chi connectivity index (χ2v) is 8.18. The molecule has 0 aliphatic rings. The number of carboxylic acids is 1. The van der Waals surface area contributed by atoms with Crippen molar-refractivity contribution in [3.8, 4) is 0 Å². The highest BCUT2D eigenvalue weighted by Crippen LogP contribution is 2.13. The number of carbonyl (C=O) groups is 2. The fourth-order valence-electron chi connectivity index (χ4n) is 2.90. The highest BCUT2D eigenvalue weighted by molar-refractivity contribution is 5.81. The molecular weight excluding hydrogens is 388 g/mol. The predicted molar refractivity (Wildman–Crippen MR) is 134 cm³/mol. The second-order valence-electron chi connectivity index (χ2n) is 8.18. The Morgan fingerprint density at radius 2 is 0.935 bits per heavy atom. The van der Waals surface area contributed by atoms with Gasteiger partial charge in [0.25, 0.3) is 0 Å². The lowest BCUT2D eigenvalue weighted by atomic mass is 10.0. The molecule has 0 atom stereocenters. The molecular formula is C27H52O4. The number of unbranched alkanes of at least 4 members (excludes halogenated alkanes) is 15. The molecule has 0 unspecified atom stereocenters. The van der Waals surface area contributed by atoms with E-state index in [9.17, 15) is 9.59 Å². The van der Waals surface area contributed by atoms with E-state index in [2.05, 4.69) is 31.7 Å². The van der Waals surface area contributed by atoms with Crippen LogP contribution in [0.2, 0.25) is 0 Å². The van der Waals surface area contributed by atoms with E-state index in [0.29, 0.717) is 0 Å². The fraction of sp³-hybridized carbons (Fsp3) is 0.778. The van der Waals surface area contributed by atoms with Crippen LogP contribution >= 0.6 is 0 Å². The quantitative estimate of drug-likeness (QED) is 0.131. The van der Waals surface area contributed by atoms with Crippen LogP contribution < -0.4 is 0 Å². The van der Waals surface area contributed by atoms with Crippen molar-refractivity contribution in [3.63, 3.8) is 0 Å². The molecule has 0 heterocycles. The zero-order valence-corrected chi connectivity index (χ0v) is 21.1. The summed E-state index contributed by atoms with van der Waals surface area (Å²) in [7, 11) is 0. The van der Waals surface area contributed by atoms with Crippen LogP contribution in [-0.4, -0.2) is 23.1 Å². The monoisotopic (exact) mass is 440 g/mol. The van der Waals surface area contributed by atoms with E-state index in [4.69, 9.17) is 5.11 Å². The van der Waals surface area contributed by atoms with Crippen molar-refractivity contribution in [2.24, 2.45) is 0 Å². The molecule has 1 N–H and O–H groups in total. The maximum Gasteiger partial charge on any atom is 0.330 e. The maximum absolute atomic E-state index is 10.3. The number of aliphatic carboxylic acids is 1. The molecule has 0 amide bonds. The molecule has 31 heavy (non-hydrogen) atoms. The molecule has 0 aromatic heterocycles. The third-order valence-corrected chi connectivity index (χ3v) is 4.65. The van der Waals surface area contributed by atoms with E-state index in [1.807, 2.05) is 0 Å². The van der Waals surface area contributed by atoms with Gasteiger partial charge in [0.15, 0.2) is 0 Å². The molecule has 0 aliphatic heterocycles. The minimum atomic E-state index is -0.981. The third kappa shape index (κ3) is 43.2. The smallest absolute Gasteiger partial charge is 0.330 e. The summed E-state index contributed by atoms with van der Waals surface area (Å²) in [5.74, 6) is -1.34. The van der Waals surface area contributed by atoms with Crippen molar-refractivity contribution < 1.29 is 19.4 Å². The Labute approximate surface area is 193 Å². The summed E-state index contributed by atoms with van der Waals surface area (Å²) >= 11 is 0. The molecule has 184 valence electrons. The van der Waals surface area contributed by atoms with Gasteiger partial charge >= 0.3 is 11.9 Å². The molecule has 0 aromatic rings. The summed E-state index contributed by atoms with van der Waals surface area (Å²) in [6.45, 7) is 14.4. The van der Waals surface area contributed by atoms with Crippen LogP contribution in [0, 0.1) is 0 Å². The van der Waals surface area contributed by atoms with Crippen molar-refractivity contribution in [1.29, 1.82) is 0 Å². The normalized spacial score (nSPS) is 9.71. The van der Waals surface area contributed by atoms with Crippen molar-refractivity contribution in [1.82, 2.24) is 0 Å². The molecule has 0 aliphatic carbocycles. The van der Waals surface area contributed by atoms with E-state index >= 15 is 0 Å². The van der Waals surface area contributed by atoms with Crippen molar-refractivity contribution in [2.75, 3.05) is 0 Å². The highest BCUT2D eigenvalue weighted by atomic mass is 16.5. The predicted octanol–water partition coefficient (Wildman–Crippen LogP) is 8.65. The van der Waals surface area contributed by atoms with Gasteiger partial charge in [-0.15, -0.1) is 0 Å². The largest absolute Gasteiger partial charge is 0.478 e. The van der Waals surface area contributed by atoms with E-state index in [0.717, 1.165) is 12.2 Å². The molecule has 0 saturated heterocycles. The Bertz CT molecular complexity index is 386. The van der Waals surface area contributed by atoms with Crippen LogP contribution in [0.4, 0.5) is 0 Å². The summed E-state index contributed by atoms with van der Waals surface area (Å²) in [5, 5.41) is 7.60. The summed E-state index contributed by atoms with van der Waals surface area (Å²) in [5.41, 5.74) is 0. The van der Waals surface area contributed by atoms with E-state index in [1.54, 1.807) is 13.8 Å². The summed E-state index contributed by atoms with van der Waals surface area (Å²) in [4.78, 5) is 19.5. The lowest BCUT2D eigenvalue weighted by molar-refractivity contribution is -0.141. The molecule has 0 saturated carbocycles. The first-order valence-corrected chi connectivity index (χ1v) is 12.5. The Balaban J connectivity index is -0.000000494. The van der Waals surface area contributed by atoms with Crippen molar-refractivity contribution in [3.05, 3.63) is 25.3 Å². The van der Waals surface area contributed by atoms with E-state index < -0.39 is 5.97 Å². The minimum Gasteiger partial charge on any atom is -0.478 e. The number of ether oxygens (including phenoxy) is 1. The maximum atomic E-state index is 10.3. The number of hydrogen-bond donors (Lipinski definition) is 1. The first kappa shape index (κ1) is 34.0. The number of esters is 1. The molecule has 0 aromatic carbocycles. The zero-order chi connectivity index (χ0) is 24.2. The molecule has 0 bridgehead atoms. The Hall–Kier alpha value is -1.58. The third-order valence-electron chi connectivity index (χ3n) is 4.65. The van der Waals surface area contributed by atoms with Gasteiger partial charge < -0.3 is 9.84 Å². The molecule has 4 nitrogen and oxygen atoms in total.